The molecule has 63 heavy (non-hydrogen) atoms. The number of hydrogen-bond acceptors (Lipinski definition) is 8. The largest absolute Gasteiger partial charge is 0.480 e. The average Bonchev–Trinajstić information content (AvgIpc) is 3.98. The topological polar surface area (TPSA) is 167 Å². The summed E-state index contributed by atoms with van der Waals surface area (Å²) in [6, 6.07) is 6.61. The minimum atomic E-state index is -1.09. The Labute approximate surface area is 380 Å². The van der Waals surface area contributed by atoms with E-state index in [1.165, 1.54) is 38.5 Å². The summed E-state index contributed by atoms with van der Waals surface area (Å²) in [5.74, 6) is -2.59. The van der Waals surface area contributed by atoms with Crippen molar-refractivity contribution in [2.45, 2.75) is 181 Å². The lowest BCUT2D eigenvalue weighted by molar-refractivity contribution is -0.144. The molecule has 4 amide bonds. The normalized spacial score (nSPS) is 19.4. The van der Waals surface area contributed by atoms with Gasteiger partial charge in [-0.05, 0) is 68.5 Å². The van der Waals surface area contributed by atoms with Crippen LogP contribution < -0.4 is 16.0 Å². The number of carboxylic acids is 1. The lowest BCUT2D eigenvalue weighted by Crippen LogP contribution is -2.59. The van der Waals surface area contributed by atoms with E-state index >= 15 is 0 Å². The Bertz CT molecular complexity index is 1530. The fourth-order valence-electron chi connectivity index (χ4n) is 9.38. The van der Waals surface area contributed by atoms with Gasteiger partial charge in [0.2, 0.25) is 23.6 Å². The fourth-order valence-corrected chi connectivity index (χ4v) is 9.38. The lowest BCUT2D eigenvalue weighted by atomic mass is 9.89. The Kier molecular flexibility index (Phi) is 25.0. The molecule has 2 rings (SSSR count). The molecule has 1 fully saturated rings. The van der Waals surface area contributed by atoms with Gasteiger partial charge < -0.3 is 35.4 Å². The quantitative estimate of drug-likeness (QED) is 0.0532. The Hall–Kier alpha value is -3.55. The van der Waals surface area contributed by atoms with Gasteiger partial charge in [-0.2, -0.15) is 0 Å². The van der Waals surface area contributed by atoms with E-state index in [9.17, 15) is 29.1 Å². The summed E-state index contributed by atoms with van der Waals surface area (Å²) in [6.07, 6.45) is 12.2. The standard InChI is InChI=1S/C50H87N5O8/c1-13-15-16-17-18-19-20-24-30-54(9)44(35(5)6)47(58)53-43(34(3)4)48(59)55(10)45(36(7)14-2)41(62-11)32-42(56)51-29-25-28-39-33-50(39,63-12)37(8)46(57)52-40(49(60)61)31-38-26-22-21-23-27-38/h21-23,26-27,34-37,39-41,43-45H,13-20,24-25,28-33H2,1-12H3,(H,51,56)(H,52,57)(H,53,58)(H,60,61)/t36-,37-,39+,40-,41+,43-,44-,45-,50+/m0/s1. The molecule has 13 nitrogen and oxygen atoms in total. The van der Waals surface area contributed by atoms with Crippen molar-refractivity contribution in [2.75, 3.05) is 41.4 Å². The van der Waals surface area contributed by atoms with Crippen molar-refractivity contribution in [3.63, 3.8) is 0 Å². The van der Waals surface area contributed by atoms with Crippen LogP contribution in [0, 0.1) is 29.6 Å². The molecule has 0 saturated heterocycles. The first-order chi connectivity index (χ1) is 29.9. The number of carboxylic acid groups (broad SMARTS) is 1. The van der Waals surface area contributed by atoms with Gasteiger partial charge in [0, 0.05) is 34.2 Å². The van der Waals surface area contributed by atoms with E-state index in [2.05, 4.69) is 55.5 Å². The van der Waals surface area contributed by atoms with Crippen LogP contribution in [0.1, 0.15) is 144 Å². The third-order valence-corrected chi connectivity index (χ3v) is 13.6. The second-order valence-electron chi connectivity index (χ2n) is 19.0. The molecular formula is C50H87N5O8. The van der Waals surface area contributed by atoms with Crippen LogP contribution in [0.25, 0.3) is 0 Å². The first kappa shape index (κ1) is 55.6. The van der Waals surface area contributed by atoms with E-state index < -0.39 is 41.7 Å². The minimum absolute atomic E-state index is 0.00161. The number of ether oxygens (including phenoxy) is 2. The van der Waals surface area contributed by atoms with Gasteiger partial charge >= 0.3 is 5.97 Å². The maximum Gasteiger partial charge on any atom is 0.326 e. The maximum atomic E-state index is 14.4. The van der Waals surface area contributed by atoms with Gasteiger partial charge in [0.05, 0.1) is 36.1 Å². The average molecular weight is 886 g/mol. The number of carbonyl (C=O) groups is 5. The third-order valence-electron chi connectivity index (χ3n) is 13.6. The van der Waals surface area contributed by atoms with Gasteiger partial charge in [-0.3, -0.25) is 24.1 Å². The molecule has 4 N–H and O–H groups in total. The molecule has 9 atom stereocenters. The molecule has 0 aromatic heterocycles. The summed E-state index contributed by atoms with van der Waals surface area (Å²) in [5.41, 5.74) is 0.124. The molecule has 1 aliphatic rings. The number of methoxy groups -OCH3 is 2. The highest BCUT2D eigenvalue weighted by atomic mass is 16.5. The Morgan fingerprint density at radius 2 is 1.44 bits per heavy atom. The number of rotatable bonds is 33. The van der Waals surface area contributed by atoms with Crippen molar-refractivity contribution < 1.29 is 38.6 Å². The molecule has 1 aromatic carbocycles. The summed E-state index contributed by atoms with van der Waals surface area (Å²) >= 11 is 0. The number of hydrogen-bond donors (Lipinski definition) is 4. The predicted octanol–water partition coefficient (Wildman–Crippen LogP) is 7.25. The molecule has 1 aromatic rings. The van der Waals surface area contributed by atoms with E-state index in [4.69, 9.17) is 9.47 Å². The van der Waals surface area contributed by atoms with E-state index in [-0.39, 0.29) is 66.2 Å². The molecule has 0 heterocycles. The molecular weight excluding hydrogens is 799 g/mol. The number of carbonyl (C=O) groups excluding carboxylic acids is 4. The summed E-state index contributed by atoms with van der Waals surface area (Å²) in [5, 5.41) is 18.7. The van der Waals surface area contributed by atoms with Crippen molar-refractivity contribution in [3.8, 4) is 0 Å². The van der Waals surface area contributed by atoms with Gasteiger partial charge in [-0.15, -0.1) is 0 Å². The summed E-state index contributed by atoms with van der Waals surface area (Å²) < 4.78 is 11.9. The number of likely N-dealkylation sites (N-methyl/N-ethyl adjacent to an activating group) is 2. The van der Waals surface area contributed by atoms with Crippen LogP contribution in [0.3, 0.4) is 0 Å². The summed E-state index contributed by atoms with van der Waals surface area (Å²) in [6.45, 7) is 17.3. The SMILES string of the molecule is CCCCCCCCCCN(C)[C@H](C(=O)N[C@H](C(=O)N(C)[C@@H]([C@@H](C)CC)[C@@H](CC(=O)NCCC[C@@H]1C[C@@]1(OC)[C@@H](C)C(=O)N[C@@H](Cc1ccccc1)C(=O)O)OC)C(C)C)C(C)C. The lowest BCUT2D eigenvalue weighted by Gasteiger charge is -2.40. The first-order valence-corrected chi connectivity index (χ1v) is 24.1. The predicted molar refractivity (Wildman–Crippen MR) is 251 cm³/mol. The monoisotopic (exact) mass is 886 g/mol. The van der Waals surface area contributed by atoms with Crippen LogP contribution in [0.4, 0.5) is 0 Å². The van der Waals surface area contributed by atoms with Crippen LogP contribution in [0.5, 0.6) is 0 Å². The number of nitrogens with zero attached hydrogens (tertiary/aromatic N) is 2. The van der Waals surface area contributed by atoms with Gasteiger partial charge in [0.15, 0.2) is 0 Å². The Morgan fingerprint density at radius 3 is 1.98 bits per heavy atom. The number of unbranched alkanes of at least 4 members (excludes halogenated alkanes) is 7. The third kappa shape index (κ3) is 17.4. The highest BCUT2D eigenvalue weighted by Crippen LogP contribution is 2.54. The van der Waals surface area contributed by atoms with Crippen LogP contribution in [0.2, 0.25) is 0 Å². The molecule has 360 valence electrons. The zero-order valence-corrected chi connectivity index (χ0v) is 41.2. The maximum absolute atomic E-state index is 14.4. The van der Waals surface area contributed by atoms with Crippen molar-refractivity contribution in [2.24, 2.45) is 29.6 Å². The molecule has 1 aliphatic carbocycles. The van der Waals surface area contributed by atoms with E-state index in [1.807, 2.05) is 51.2 Å². The van der Waals surface area contributed by atoms with Gasteiger partial charge in [0.25, 0.3) is 0 Å². The minimum Gasteiger partial charge on any atom is -0.480 e. The second-order valence-corrected chi connectivity index (χ2v) is 19.0. The summed E-state index contributed by atoms with van der Waals surface area (Å²) in [7, 11) is 6.91. The molecule has 0 bridgehead atoms. The Morgan fingerprint density at radius 1 is 0.825 bits per heavy atom. The number of benzene rings is 1. The first-order valence-electron chi connectivity index (χ1n) is 24.1. The smallest absolute Gasteiger partial charge is 0.326 e. The van der Waals surface area contributed by atoms with E-state index in [0.29, 0.717) is 25.8 Å². The molecule has 13 heteroatoms. The number of amides is 4. The van der Waals surface area contributed by atoms with Crippen molar-refractivity contribution >= 4 is 29.6 Å². The van der Waals surface area contributed by atoms with Crippen LogP contribution in [-0.2, 0) is 39.9 Å². The van der Waals surface area contributed by atoms with Crippen molar-refractivity contribution in [1.82, 2.24) is 25.8 Å². The second kappa shape index (κ2) is 28.4. The zero-order valence-electron chi connectivity index (χ0n) is 41.2. The summed E-state index contributed by atoms with van der Waals surface area (Å²) in [4.78, 5) is 70.9. The van der Waals surface area contributed by atoms with Gasteiger partial charge in [-0.1, -0.05) is 137 Å². The highest BCUT2D eigenvalue weighted by Gasteiger charge is 2.60. The molecule has 0 radical (unpaired) electrons. The number of nitrogens with one attached hydrogen (secondary N) is 3. The Balaban J connectivity index is 1.99. The van der Waals surface area contributed by atoms with Crippen LogP contribution in [-0.4, -0.2) is 122 Å². The number of aliphatic carboxylic acids is 1. The highest BCUT2D eigenvalue weighted by molar-refractivity contribution is 5.90. The van der Waals surface area contributed by atoms with Gasteiger partial charge in [-0.25, -0.2) is 4.79 Å². The fraction of sp³-hybridized carbons (Fsp3) is 0.780. The molecule has 0 unspecified atom stereocenters. The molecule has 0 spiro atoms. The van der Waals surface area contributed by atoms with Crippen LogP contribution >= 0.6 is 0 Å². The van der Waals surface area contributed by atoms with Crippen molar-refractivity contribution in [3.05, 3.63) is 35.9 Å². The molecule has 1 saturated carbocycles. The van der Waals surface area contributed by atoms with E-state index in [0.717, 1.165) is 31.4 Å². The van der Waals surface area contributed by atoms with E-state index in [1.54, 1.807) is 33.1 Å². The zero-order chi connectivity index (χ0) is 47.3. The molecule has 0 aliphatic heterocycles. The van der Waals surface area contributed by atoms with Gasteiger partial charge in [0.1, 0.15) is 12.1 Å². The van der Waals surface area contributed by atoms with Crippen molar-refractivity contribution in [1.29, 1.82) is 0 Å². The van der Waals surface area contributed by atoms with Crippen LogP contribution in [0.15, 0.2) is 30.3 Å².